The van der Waals surface area contributed by atoms with Crippen LogP contribution < -0.4 is 22.3 Å². The first kappa shape index (κ1) is 17.0. The van der Waals surface area contributed by atoms with Crippen LogP contribution in [0.2, 0.25) is 0 Å². The van der Waals surface area contributed by atoms with E-state index in [9.17, 15) is 14.4 Å². The second kappa shape index (κ2) is 6.58. The van der Waals surface area contributed by atoms with Crippen LogP contribution in [-0.4, -0.2) is 21.9 Å². The Labute approximate surface area is 144 Å². The van der Waals surface area contributed by atoms with Crippen LogP contribution in [0.5, 0.6) is 0 Å². The normalized spacial score (nSPS) is 13.9. The number of carbonyl (C=O) groups is 1. The van der Waals surface area contributed by atoms with Gasteiger partial charge in [-0.25, -0.2) is 4.79 Å². The number of aromatic amines is 1. The van der Waals surface area contributed by atoms with E-state index < -0.39 is 17.0 Å². The molecule has 0 unspecified atom stereocenters. The van der Waals surface area contributed by atoms with E-state index >= 15 is 0 Å². The number of carbonyl (C=O) groups excluding carboxylic acids is 1. The number of nitrogen functional groups attached to an aromatic ring is 1. The Morgan fingerprint density at radius 3 is 2.64 bits per heavy atom. The molecule has 1 aromatic carbocycles. The summed E-state index contributed by atoms with van der Waals surface area (Å²) in [5.41, 5.74) is 6.45. The highest BCUT2D eigenvalue weighted by molar-refractivity contribution is 6.02. The smallest absolute Gasteiger partial charge is 0.330 e. The number of para-hydroxylation sites is 1. The van der Waals surface area contributed by atoms with Gasteiger partial charge in [-0.1, -0.05) is 32.0 Å². The molecule has 0 radical (unpaired) electrons. The van der Waals surface area contributed by atoms with Gasteiger partial charge in [-0.2, -0.15) is 0 Å². The van der Waals surface area contributed by atoms with E-state index in [1.807, 2.05) is 24.3 Å². The van der Waals surface area contributed by atoms with Crippen molar-refractivity contribution in [2.75, 3.05) is 17.6 Å². The van der Waals surface area contributed by atoms with Gasteiger partial charge < -0.3 is 11.1 Å². The summed E-state index contributed by atoms with van der Waals surface area (Å²) >= 11 is 0. The van der Waals surface area contributed by atoms with Gasteiger partial charge in [-0.3, -0.25) is 19.1 Å². The number of rotatable bonds is 6. The monoisotopic (exact) mass is 342 g/mol. The van der Waals surface area contributed by atoms with E-state index in [0.29, 0.717) is 5.92 Å². The molecule has 1 aliphatic rings. The number of Topliss-reactive ketones (excluding diaryl/α,β-unsaturated/α-hetero) is 1. The molecule has 1 aromatic heterocycles. The summed E-state index contributed by atoms with van der Waals surface area (Å²) in [5, 5.41) is 3.08. The lowest BCUT2D eigenvalue weighted by Crippen LogP contribution is -2.37. The van der Waals surface area contributed by atoms with Crippen LogP contribution in [-0.2, 0) is 0 Å². The molecular formula is C18H22N4O3. The van der Waals surface area contributed by atoms with Crippen LogP contribution in [0.25, 0.3) is 0 Å². The molecule has 1 saturated carbocycles. The van der Waals surface area contributed by atoms with Gasteiger partial charge in [0.15, 0.2) is 5.78 Å². The summed E-state index contributed by atoms with van der Waals surface area (Å²) in [7, 11) is 0. The van der Waals surface area contributed by atoms with E-state index in [0.717, 1.165) is 24.1 Å². The maximum Gasteiger partial charge on any atom is 0.330 e. The van der Waals surface area contributed by atoms with Crippen LogP contribution in [0.15, 0.2) is 33.9 Å². The number of nitrogens with two attached hydrogens (primary N) is 1. The predicted molar refractivity (Wildman–Crippen MR) is 97.4 cm³/mol. The van der Waals surface area contributed by atoms with E-state index in [2.05, 4.69) is 24.1 Å². The molecule has 0 bridgehead atoms. The van der Waals surface area contributed by atoms with Crippen LogP contribution in [0, 0.1) is 0 Å². The second-order valence-electron chi connectivity index (χ2n) is 6.64. The van der Waals surface area contributed by atoms with Gasteiger partial charge in [-0.05, 0) is 30.4 Å². The summed E-state index contributed by atoms with van der Waals surface area (Å²) in [6.07, 6.45) is 1.65. The first-order chi connectivity index (χ1) is 11.9. The molecule has 2 aromatic rings. The number of hydrogen-bond acceptors (Lipinski definition) is 5. The Hall–Kier alpha value is -2.83. The van der Waals surface area contributed by atoms with Crippen molar-refractivity contribution in [1.82, 2.24) is 9.55 Å². The Kier molecular flexibility index (Phi) is 4.48. The van der Waals surface area contributed by atoms with Gasteiger partial charge in [0.1, 0.15) is 11.4 Å². The minimum absolute atomic E-state index is 0.0227. The van der Waals surface area contributed by atoms with Crippen molar-refractivity contribution in [3.63, 3.8) is 0 Å². The number of nitrogens with one attached hydrogen (secondary N) is 2. The first-order valence-electron chi connectivity index (χ1n) is 8.40. The Balaban J connectivity index is 1.87. The van der Waals surface area contributed by atoms with Crippen molar-refractivity contribution in [1.29, 1.82) is 0 Å². The minimum Gasteiger partial charge on any atom is -0.384 e. The van der Waals surface area contributed by atoms with Gasteiger partial charge in [0, 0.05) is 11.7 Å². The molecule has 0 spiro atoms. The fraction of sp³-hybridized carbons (Fsp3) is 0.389. The molecular weight excluding hydrogens is 320 g/mol. The van der Waals surface area contributed by atoms with Crippen molar-refractivity contribution in [2.24, 2.45) is 0 Å². The van der Waals surface area contributed by atoms with Gasteiger partial charge in [0.2, 0.25) is 0 Å². The number of benzene rings is 1. The number of aromatic nitrogens is 2. The van der Waals surface area contributed by atoms with E-state index in [1.54, 1.807) is 0 Å². The molecule has 0 aliphatic heterocycles. The third kappa shape index (κ3) is 3.35. The average Bonchev–Trinajstić information content (AvgIpc) is 3.37. The third-order valence-corrected chi connectivity index (χ3v) is 4.40. The molecule has 25 heavy (non-hydrogen) atoms. The molecule has 7 heteroatoms. The molecule has 1 heterocycles. The zero-order valence-electron chi connectivity index (χ0n) is 14.3. The lowest BCUT2D eigenvalue weighted by molar-refractivity contribution is 0.100. The first-order valence-corrected chi connectivity index (χ1v) is 8.40. The van der Waals surface area contributed by atoms with Crippen molar-refractivity contribution in [3.05, 3.63) is 56.2 Å². The van der Waals surface area contributed by atoms with Crippen LogP contribution in [0.1, 0.15) is 54.6 Å². The topological polar surface area (TPSA) is 110 Å². The fourth-order valence-corrected chi connectivity index (χ4v) is 2.96. The summed E-state index contributed by atoms with van der Waals surface area (Å²) in [6.45, 7) is 4.06. The lowest BCUT2D eigenvalue weighted by atomic mass is 10.0. The highest BCUT2D eigenvalue weighted by Crippen LogP contribution is 2.35. The molecule has 0 saturated heterocycles. The predicted octanol–water partition coefficient (Wildman–Crippen LogP) is 1.87. The largest absolute Gasteiger partial charge is 0.384 e. The van der Waals surface area contributed by atoms with Gasteiger partial charge in [0.05, 0.1) is 6.54 Å². The average molecular weight is 342 g/mol. The second-order valence-corrected chi connectivity index (χ2v) is 6.64. The maximum atomic E-state index is 12.6. The third-order valence-electron chi connectivity index (χ3n) is 4.40. The molecule has 1 fully saturated rings. The van der Waals surface area contributed by atoms with Crippen LogP contribution in [0.3, 0.4) is 0 Å². The summed E-state index contributed by atoms with van der Waals surface area (Å²) in [6, 6.07) is 7.68. The van der Waals surface area contributed by atoms with Crippen LogP contribution >= 0.6 is 0 Å². The fourth-order valence-electron chi connectivity index (χ4n) is 2.96. The van der Waals surface area contributed by atoms with E-state index in [1.165, 1.54) is 4.57 Å². The number of nitrogens with zero attached hydrogens (tertiary/aromatic N) is 1. The Morgan fingerprint density at radius 1 is 1.32 bits per heavy atom. The zero-order chi connectivity index (χ0) is 18.1. The highest BCUT2D eigenvalue weighted by Gasteiger charge is 2.29. The molecule has 132 valence electrons. The van der Waals surface area contributed by atoms with Gasteiger partial charge >= 0.3 is 5.69 Å². The van der Waals surface area contributed by atoms with E-state index in [-0.39, 0.29) is 24.0 Å². The molecule has 3 rings (SSSR count). The maximum absolute atomic E-state index is 12.6. The Morgan fingerprint density at radius 2 is 2.00 bits per heavy atom. The SMILES string of the molecule is CC(C)c1ccccc1NCC(=O)c1c(N)n(C2CC2)c(=O)[nH]c1=O. The quantitative estimate of drug-likeness (QED) is 0.694. The van der Waals surface area contributed by atoms with Gasteiger partial charge in [-0.15, -0.1) is 0 Å². The van der Waals surface area contributed by atoms with Gasteiger partial charge in [0.25, 0.3) is 5.56 Å². The molecule has 7 nitrogen and oxygen atoms in total. The number of hydrogen-bond donors (Lipinski definition) is 3. The van der Waals surface area contributed by atoms with Crippen molar-refractivity contribution in [3.8, 4) is 0 Å². The molecule has 1 aliphatic carbocycles. The molecule has 0 amide bonds. The standard InChI is InChI=1S/C18H22N4O3/c1-10(2)12-5-3-4-6-13(12)20-9-14(23)15-16(19)22(11-7-8-11)18(25)21-17(15)24/h3-6,10-11,20H,7-9,19H2,1-2H3,(H,21,24,25). The van der Waals surface area contributed by atoms with Crippen molar-refractivity contribution >= 4 is 17.3 Å². The Bertz CT molecular complexity index is 923. The molecule has 0 atom stereocenters. The van der Waals surface area contributed by atoms with Crippen LogP contribution in [0.4, 0.5) is 11.5 Å². The van der Waals surface area contributed by atoms with E-state index in [4.69, 9.17) is 5.73 Å². The summed E-state index contributed by atoms with van der Waals surface area (Å²) < 4.78 is 1.32. The summed E-state index contributed by atoms with van der Waals surface area (Å²) in [4.78, 5) is 38.8. The van der Waals surface area contributed by atoms with Crippen molar-refractivity contribution < 1.29 is 4.79 Å². The summed E-state index contributed by atoms with van der Waals surface area (Å²) in [5.74, 6) is -0.184. The zero-order valence-corrected chi connectivity index (χ0v) is 14.3. The lowest BCUT2D eigenvalue weighted by Gasteiger charge is -2.15. The minimum atomic E-state index is -0.733. The van der Waals surface area contributed by atoms with Crippen molar-refractivity contribution in [2.45, 2.75) is 38.6 Å². The number of anilines is 2. The number of ketones is 1. The number of H-pyrrole nitrogens is 1. The highest BCUT2D eigenvalue weighted by atomic mass is 16.2. The molecule has 4 N–H and O–H groups in total.